The first-order chi connectivity index (χ1) is 27.7. The molecule has 2 heteroatoms. The Bertz CT molecular complexity index is 2840. The van der Waals surface area contributed by atoms with E-state index in [1.165, 1.54) is 66.4 Å². The third kappa shape index (κ3) is 6.20. The molecule has 2 nitrogen and oxygen atoms in total. The molecule has 0 saturated carbocycles. The topological polar surface area (TPSA) is 8.17 Å². The van der Waals surface area contributed by atoms with Crippen LogP contribution in [0.4, 0.5) is 11.4 Å². The summed E-state index contributed by atoms with van der Waals surface area (Å²) in [5.74, 6) is 0.360. The predicted octanol–water partition coefficient (Wildman–Crippen LogP) is 14.8. The van der Waals surface area contributed by atoms with Gasteiger partial charge >= 0.3 is 0 Å². The molecule has 1 aliphatic heterocycles. The number of allylic oxidation sites excluding steroid dienone is 12. The Balaban J connectivity index is 1.12. The Kier molecular flexibility index (Phi) is 8.65. The van der Waals surface area contributed by atoms with E-state index in [9.17, 15) is 0 Å². The quantitative estimate of drug-likeness (QED) is 0.166. The van der Waals surface area contributed by atoms with E-state index in [1.807, 2.05) is 0 Å². The van der Waals surface area contributed by atoms with Gasteiger partial charge < -0.3 is 9.47 Å². The number of rotatable bonds is 6. The predicted molar refractivity (Wildman–Crippen MR) is 240 cm³/mol. The molecule has 1 unspecified atom stereocenters. The summed E-state index contributed by atoms with van der Waals surface area (Å²) < 4.78 is 2.51. The summed E-state index contributed by atoms with van der Waals surface area (Å²) in [6.07, 6.45) is 27.2. The number of hydrogen-bond acceptors (Lipinski definition) is 1. The second-order valence-corrected chi connectivity index (χ2v) is 15.0. The highest BCUT2D eigenvalue weighted by molar-refractivity contribution is 6.12. The SMILES string of the molecule is C=C1/C=C\C=C/N(c2ccccc2)c2ccc(-c3ccc4c(c3)c3ccc(-c5cc(-c6ccccc6)cc(C6C=CC=CC6)c5)cc3n4C3=CC=CCC3)cc21. The maximum atomic E-state index is 4.48. The van der Waals surface area contributed by atoms with Gasteiger partial charge in [0.2, 0.25) is 0 Å². The first-order valence-corrected chi connectivity index (χ1v) is 19.7. The van der Waals surface area contributed by atoms with Crippen molar-refractivity contribution < 1.29 is 0 Å². The molecule has 0 fully saturated rings. The Morgan fingerprint density at radius 1 is 0.554 bits per heavy atom. The molecule has 0 bridgehead atoms. The van der Waals surface area contributed by atoms with E-state index < -0.39 is 0 Å². The smallest absolute Gasteiger partial charge is 0.0544 e. The molecule has 0 spiro atoms. The molecule has 2 aliphatic carbocycles. The van der Waals surface area contributed by atoms with Crippen LogP contribution in [0, 0.1) is 0 Å². The highest BCUT2D eigenvalue weighted by Gasteiger charge is 2.20. The molecule has 10 rings (SSSR count). The number of benzene rings is 6. The monoisotopic (exact) mass is 718 g/mol. The van der Waals surface area contributed by atoms with Crippen molar-refractivity contribution in [1.82, 2.24) is 4.57 Å². The zero-order valence-electron chi connectivity index (χ0n) is 31.4. The van der Waals surface area contributed by atoms with E-state index in [-0.39, 0.29) is 0 Å². The molecule has 56 heavy (non-hydrogen) atoms. The van der Waals surface area contributed by atoms with Gasteiger partial charge in [0.05, 0.1) is 16.7 Å². The van der Waals surface area contributed by atoms with Crippen molar-refractivity contribution in [2.45, 2.75) is 25.2 Å². The van der Waals surface area contributed by atoms with Gasteiger partial charge in [-0.05, 0) is 124 Å². The normalized spacial score (nSPS) is 17.4. The van der Waals surface area contributed by atoms with Crippen LogP contribution in [0.2, 0.25) is 0 Å². The molecular weight excluding hydrogens is 677 g/mol. The summed E-state index contributed by atoms with van der Waals surface area (Å²) in [4.78, 5) is 2.25. The zero-order chi connectivity index (χ0) is 37.4. The Morgan fingerprint density at radius 3 is 2.12 bits per heavy atom. The summed E-state index contributed by atoms with van der Waals surface area (Å²) in [6, 6.07) is 49.4. The number of nitrogens with zero attached hydrogens (tertiary/aromatic N) is 2. The second-order valence-electron chi connectivity index (χ2n) is 15.0. The lowest BCUT2D eigenvalue weighted by molar-refractivity contribution is 0.854. The molecule has 7 aromatic rings. The molecular formula is C54H42N2. The second kappa shape index (κ2) is 14.4. The molecule has 0 N–H and O–H groups in total. The fourth-order valence-electron chi connectivity index (χ4n) is 8.60. The first kappa shape index (κ1) is 33.7. The molecule has 3 aliphatic rings. The number of aromatic nitrogens is 1. The molecule has 1 aromatic heterocycles. The van der Waals surface area contributed by atoms with Crippen molar-refractivity contribution in [3.8, 4) is 33.4 Å². The van der Waals surface area contributed by atoms with E-state index in [4.69, 9.17) is 0 Å². The van der Waals surface area contributed by atoms with Gasteiger partial charge in [0.1, 0.15) is 0 Å². The van der Waals surface area contributed by atoms with Crippen LogP contribution in [0.5, 0.6) is 0 Å². The van der Waals surface area contributed by atoms with Gasteiger partial charge in [-0.3, -0.25) is 0 Å². The molecule has 1 atom stereocenters. The number of fused-ring (bicyclic) bond motifs is 4. The third-order valence-corrected chi connectivity index (χ3v) is 11.5. The number of hydrogen-bond donors (Lipinski definition) is 0. The lowest BCUT2D eigenvalue weighted by Gasteiger charge is -2.25. The van der Waals surface area contributed by atoms with Crippen LogP contribution in [-0.4, -0.2) is 4.57 Å². The van der Waals surface area contributed by atoms with Crippen LogP contribution in [0.1, 0.15) is 36.3 Å². The van der Waals surface area contributed by atoms with Gasteiger partial charge in [-0.15, -0.1) is 0 Å². The van der Waals surface area contributed by atoms with E-state index in [0.29, 0.717) is 5.92 Å². The van der Waals surface area contributed by atoms with Gasteiger partial charge in [0.25, 0.3) is 0 Å². The Labute approximate surface area is 329 Å². The standard InChI is InChI=1S/C54H42N2/c1-38-16-14-15-31-55(47-21-10-4-11-22-47)52-29-26-41(35-50(38)52)42-27-30-53-51(36-42)49-28-25-43(37-54(49)56(53)48-23-12-5-13-24-48)46-33-44(39-17-6-2-7-18-39)32-45(34-46)40-19-8-3-9-20-40/h2-12,14-19,21-23,25-37,40H,1,13,20,24H2/b16-14-,31-15-. The van der Waals surface area contributed by atoms with Crippen LogP contribution in [0.25, 0.3) is 66.5 Å². The minimum Gasteiger partial charge on any atom is -0.317 e. The van der Waals surface area contributed by atoms with E-state index >= 15 is 0 Å². The Hall–Kier alpha value is -6.90. The van der Waals surface area contributed by atoms with Crippen LogP contribution >= 0.6 is 0 Å². The minimum atomic E-state index is 0.360. The number of anilines is 2. The highest BCUT2D eigenvalue weighted by Crippen LogP contribution is 2.42. The van der Waals surface area contributed by atoms with E-state index in [1.54, 1.807) is 0 Å². The summed E-state index contributed by atoms with van der Waals surface area (Å²) in [7, 11) is 0. The fraction of sp³-hybridized carbons (Fsp3) is 0.0741. The molecule has 0 amide bonds. The van der Waals surface area contributed by atoms with Gasteiger partial charge in [-0.25, -0.2) is 0 Å². The van der Waals surface area contributed by atoms with Crippen LogP contribution < -0.4 is 4.90 Å². The van der Waals surface area contributed by atoms with Crippen LogP contribution in [-0.2, 0) is 0 Å². The average Bonchev–Trinajstić information content (AvgIpc) is 3.59. The fourth-order valence-corrected chi connectivity index (χ4v) is 8.60. The van der Waals surface area contributed by atoms with E-state index in [2.05, 4.69) is 216 Å². The highest BCUT2D eigenvalue weighted by atomic mass is 15.1. The van der Waals surface area contributed by atoms with Crippen molar-refractivity contribution in [1.29, 1.82) is 0 Å². The summed E-state index contributed by atoms with van der Waals surface area (Å²) in [5, 5.41) is 2.52. The summed E-state index contributed by atoms with van der Waals surface area (Å²) >= 11 is 0. The van der Waals surface area contributed by atoms with Gasteiger partial charge in [0, 0.05) is 39.8 Å². The molecule has 0 saturated heterocycles. The van der Waals surface area contributed by atoms with Gasteiger partial charge in [-0.1, -0.05) is 140 Å². The maximum absolute atomic E-state index is 4.48. The minimum absolute atomic E-state index is 0.360. The van der Waals surface area contributed by atoms with Crippen LogP contribution in [0.3, 0.4) is 0 Å². The van der Waals surface area contributed by atoms with Crippen molar-refractivity contribution in [3.05, 3.63) is 218 Å². The molecule has 6 aromatic carbocycles. The lowest BCUT2D eigenvalue weighted by Crippen LogP contribution is -2.11. The summed E-state index contributed by atoms with van der Waals surface area (Å²) in [6.45, 7) is 4.48. The Morgan fingerprint density at radius 2 is 1.32 bits per heavy atom. The van der Waals surface area contributed by atoms with Crippen molar-refractivity contribution in [3.63, 3.8) is 0 Å². The zero-order valence-corrected chi connectivity index (χ0v) is 31.4. The van der Waals surface area contributed by atoms with Crippen molar-refractivity contribution >= 4 is 44.5 Å². The van der Waals surface area contributed by atoms with Crippen molar-refractivity contribution in [2.24, 2.45) is 0 Å². The number of para-hydroxylation sites is 1. The average molecular weight is 719 g/mol. The van der Waals surface area contributed by atoms with Gasteiger partial charge in [0.15, 0.2) is 0 Å². The maximum Gasteiger partial charge on any atom is 0.0544 e. The first-order valence-electron chi connectivity index (χ1n) is 19.7. The molecule has 0 radical (unpaired) electrons. The largest absolute Gasteiger partial charge is 0.317 e. The third-order valence-electron chi connectivity index (χ3n) is 11.5. The van der Waals surface area contributed by atoms with Crippen LogP contribution in [0.15, 0.2) is 207 Å². The molecule has 268 valence electrons. The lowest BCUT2D eigenvalue weighted by atomic mass is 9.87. The summed E-state index contributed by atoms with van der Waals surface area (Å²) in [5.41, 5.74) is 16.8. The molecule has 2 heterocycles. The van der Waals surface area contributed by atoms with Crippen molar-refractivity contribution in [2.75, 3.05) is 4.90 Å². The van der Waals surface area contributed by atoms with E-state index in [0.717, 1.165) is 41.8 Å². The van der Waals surface area contributed by atoms with Gasteiger partial charge in [-0.2, -0.15) is 0 Å².